The molecule has 0 aromatic rings. The molecule has 2 atom stereocenters. The summed E-state index contributed by atoms with van der Waals surface area (Å²) >= 11 is 0. The van der Waals surface area contributed by atoms with Crippen LogP contribution in [0.25, 0.3) is 0 Å². The van der Waals surface area contributed by atoms with Crippen molar-refractivity contribution in [1.82, 2.24) is 0 Å². The molecule has 0 aliphatic carbocycles. The lowest BCUT2D eigenvalue weighted by Crippen LogP contribution is -2.22. The van der Waals surface area contributed by atoms with E-state index in [1.807, 2.05) is 0 Å². The van der Waals surface area contributed by atoms with Gasteiger partial charge in [-0.2, -0.15) is 0 Å². The Morgan fingerprint density at radius 1 is 1.00 bits per heavy atom. The van der Waals surface area contributed by atoms with Gasteiger partial charge in [0, 0.05) is 0 Å². The summed E-state index contributed by atoms with van der Waals surface area (Å²) in [5.74, 6) is 0.691. The van der Waals surface area contributed by atoms with Crippen LogP contribution < -0.4 is 0 Å². The van der Waals surface area contributed by atoms with E-state index in [-0.39, 0.29) is 0 Å². The smallest absolute Gasteiger partial charge is 0.0796 e. The largest absolute Gasteiger partial charge is 0.391 e. The van der Waals surface area contributed by atoms with Crippen LogP contribution in [0.4, 0.5) is 0 Å². The van der Waals surface area contributed by atoms with Crippen molar-refractivity contribution in [3.63, 3.8) is 0 Å². The van der Waals surface area contributed by atoms with Crippen molar-refractivity contribution in [3.8, 4) is 0 Å². The maximum atomic E-state index is 9.19. The van der Waals surface area contributed by atoms with Gasteiger partial charge in [0.15, 0.2) is 0 Å². The molecule has 68 valence electrons. The van der Waals surface area contributed by atoms with Gasteiger partial charge < -0.3 is 10.2 Å². The van der Waals surface area contributed by atoms with E-state index in [2.05, 4.69) is 13.8 Å². The lowest BCUT2D eigenvalue weighted by molar-refractivity contribution is 0.0243. The summed E-state index contributed by atoms with van der Waals surface area (Å²) in [7, 11) is 0. The Bertz CT molecular complexity index is 89.6. The third-order valence-electron chi connectivity index (χ3n) is 1.84. The number of aliphatic hydroxyl groups is 2. The molecule has 2 nitrogen and oxygen atoms in total. The van der Waals surface area contributed by atoms with Gasteiger partial charge in [-0.05, 0) is 19.3 Å². The van der Waals surface area contributed by atoms with Gasteiger partial charge in [0.05, 0.1) is 12.2 Å². The highest BCUT2D eigenvalue weighted by atomic mass is 16.3. The van der Waals surface area contributed by atoms with Gasteiger partial charge in [-0.25, -0.2) is 0 Å². The quantitative estimate of drug-likeness (QED) is 0.640. The van der Waals surface area contributed by atoms with Crippen LogP contribution in [0.15, 0.2) is 0 Å². The maximum absolute atomic E-state index is 9.19. The molecule has 0 rings (SSSR count). The SMILES string of the molecule is CC(C)CCCC(O)C(C)O. The minimum Gasteiger partial charge on any atom is -0.391 e. The second-order valence-corrected chi connectivity index (χ2v) is 3.63. The lowest BCUT2D eigenvalue weighted by atomic mass is 10.0. The molecule has 0 aromatic heterocycles. The van der Waals surface area contributed by atoms with Crippen LogP contribution in [0, 0.1) is 5.92 Å². The number of rotatable bonds is 5. The highest BCUT2D eigenvalue weighted by Gasteiger charge is 2.09. The molecule has 0 radical (unpaired) electrons. The van der Waals surface area contributed by atoms with Crippen molar-refractivity contribution >= 4 is 0 Å². The summed E-state index contributed by atoms with van der Waals surface area (Å²) in [6, 6.07) is 0. The first-order valence-corrected chi connectivity index (χ1v) is 4.40. The van der Waals surface area contributed by atoms with Gasteiger partial charge in [-0.1, -0.05) is 26.7 Å². The minimum absolute atomic E-state index is 0.534. The average Bonchev–Trinajstić information content (AvgIpc) is 1.86. The van der Waals surface area contributed by atoms with Crippen LogP contribution in [-0.2, 0) is 0 Å². The average molecular weight is 160 g/mol. The zero-order valence-electron chi connectivity index (χ0n) is 7.75. The normalized spacial score (nSPS) is 16.9. The summed E-state index contributed by atoms with van der Waals surface area (Å²) in [4.78, 5) is 0. The molecule has 0 heterocycles. The Balaban J connectivity index is 3.24. The molecule has 0 saturated heterocycles. The summed E-state index contributed by atoms with van der Waals surface area (Å²) in [6.45, 7) is 5.95. The van der Waals surface area contributed by atoms with Crippen molar-refractivity contribution in [1.29, 1.82) is 0 Å². The molecule has 2 heteroatoms. The molecule has 0 amide bonds. The summed E-state index contributed by atoms with van der Waals surface area (Å²) in [5, 5.41) is 18.1. The number of aliphatic hydroxyl groups excluding tert-OH is 2. The van der Waals surface area contributed by atoms with Gasteiger partial charge in [0.1, 0.15) is 0 Å². The lowest BCUT2D eigenvalue weighted by Gasteiger charge is -2.13. The fourth-order valence-corrected chi connectivity index (χ4v) is 0.976. The maximum Gasteiger partial charge on any atom is 0.0796 e. The third-order valence-corrected chi connectivity index (χ3v) is 1.84. The van der Waals surface area contributed by atoms with E-state index in [4.69, 9.17) is 5.11 Å². The van der Waals surface area contributed by atoms with Crippen LogP contribution in [0.2, 0.25) is 0 Å². The molecule has 0 aliphatic heterocycles. The van der Waals surface area contributed by atoms with Crippen molar-refractivity contribution in [2.45, 2.75) is 52.2 Å². The Hall–Kier alpha value is -0.0800. The van der Waals surface area contributed by atoms with Crippen LogP contribution in [0.3, 0.4) is 0 Å². The fourth-order valence-electron chi connectivity index (χ4n) is 0.976. The van der Waals surface area contributed by atoms with E-state index in [1.165, 1.54) is 0 Å². The van der Waals surface area contributed by atoms with E-state index in [9.17, 15) is 5.11 Å². The molecular weight excluding hydrogens is 140 g/mol. The van der Waals surface area contributed by atoms with E-state index in [0.717, 1.165) is 19.3 Å². The third kappa shape index (κ3) is 6.32. The van der Waals surface area contributed by atoms with Gasteiger partial charge in [-0.3, -0.25) is 0 Å². The molecule has 2 N–H and O–H groups in total. The van der Waals surface area contributed by atoms with Gasteiger partial charge >= 0.3 is 0 Å². The van der Waals surface area contributed by atoms with Crippen molar-refractivity contribution < 1.29 is 10.2 Å². The zero-order chi connectivity index (χ0) is 8.85. The monoisotopic (exact) mass is 160 g/mol. The standard InChI is InChI=1S/C9H20O2/c1-7(2)5-4-6-9(11)8(3)10/h7-11H,4-6H2,1-3H3. The first kappa shape index (κ1) is 10.9. The second-order valence-electron chi connectivity index (χ2n) is 3.63. The van der Waals surface area contributed by atoms with Gasteiger partial charge in [-0.15, -0.1) is 0 Å². The van der Waals surface area contributed by atoms with Crippen LogP contribution in [-0.4, -0.2) is 22.4 Å². The predicted octanol–water partition coefficient (Wildman–Crippen LogP) is 1.55. The highest BCUT2D eigenvalue weighted by molar-refractivity contribution is 4.61. The van der Waals surface area contributed by atoms with Crippen molar-refractivity contribution in [2.24, 2.45) is 5.92 Å². The second kappa shape index (κ2) is 5.56. The number of hydrogen-bond donors (Lipinski definition) is 2. The highest BCUT2D eigenvalue weighted by Crippen LogP contribution is 2.09. The molecule has 0 bridgehead atoms. The van der Waals surface area contributed by atoms with Gasteiger partial charge in [0.25, 0.3) is 0 Å². The molecule has 0 fully saturated rings. The Kier molecular flexibility index (Phi) is 5.51. The molecule has 2 unspecified atom stereocenters. The van der Waals surface area contributed by atoms with E-state index < -0.39 is 12.2 Å². The van der Waals surface area contributed by atoms with E-state index in [0.29, 0.717) is 5.92 Å². The molecular formula is C9H20O2. The minimum atomic E-state index is -0.581. The summed E-state index contributed by atoms with van der Waals surface area (Å²) in [6.07, 6.45) is 1.74. The van der Waals surface area contributed by atoms with Gasteiger partial charge in [0.2, 0.25) is 0 Å². The Morgan fingerprint density at radius 3 is 1.91 bits per heavy atom. The molecule has 0 saturated carbocycles. The topological polar surface area (TPSA) is 40.5 Å². The Labute approximate surface area is 69.2 Å². The van der Waals surface area contributed by atoms with E-state index in [1.54, 1.807) is 6.92 Å². The van der Waals surface area contributed by atoms with Crippen molar-refractivity contribution in [2.75, 3.05) is 0 Å². The summed E-state index contributed by atoms with van der Waals surface area (Å²) in [5.41, 5.74) is 0. The number of hydrogen-bond acceptors (Lipinski definition) is 2. The first-order valence-electron chi connectivity index (χ1n) is 4.40. The first-order chi connectivity index (χ1) is 5.04. The zero-order valence-corrected chi connectivity index (χ0v) is 7.75. The molecule has 0 spiro atoms. The van der Waals surface area contributed by atoms with Crippen LogP contribution in [0.1, 0.15) is 40.0 Å². The van der Waals surface area contributed by atoms with Crippen LogP contribution >= 0.6 is 0 Å². The van der Waals surface area contributed by atoms with E-state index >= 15 is 0 Å². The van der Waals surface area contributed by atoms with Crippen LogP contribution in [0.5, 0.6) is 0 Å². The summed E-state index contributed by atoms with van der Waals surface area (Å²) < 4.78 is 0. The van der Waals surface area contributed by atoms with Crippen molar-refractivity contribution in [3.05, 3.63) is 0 Å². The molecule has 0 aliphatic rings. The Morgan fingerprint density at radius 2 is 1.55 bits per heavy atom. The predicted molar refractivity (Wildman–Crippen MR) is 46.4 cm³/mol. The molecule has 0 aromatic carbocycles. The molecule has 11 heavy (non-hydrogen) atoms. The fraction of sp³-hybridized carbons (Fsp3) is 1.00.